The minimum atomic E-state index is -0.771. The van der Waals surface area contributed by atoms with Crippen LogP contribution in [0.15, 0.2) is 121 Å². The number of rotatable bonds is 12. The lowest BCUT2D eigenvalue weighted by Gasteiger charge is -2.44. The molecule has 5 rings (SSSR count). The lowest BCUT2D eigenvalue weighted by atomic mass is 9.86. The van der Waals surface area contributed by atoms with E-state index in [4.69, 9.17) is 18.9 Å². The summed E-state index contributed by atoms with van der Waals surface area (Å²) in [6.45, 7) is 1.57. The molecule has 0 saturated heterocycles. The fraction of sp³-hybridized carbons (Fsp3) is 0.294. The van der Waals surface area contributed by atoms with Crippen LogP contribution in [0.25, 0.3) is 0 Å². The van der Waals surface area contributed by atoms with E-state index in [1.807, 2.05) is 121 Å². The molecule has 5 atom stereocenters. The van der Waals surface area contributed by atoms with Crippen LogP contribution in [0.5, 0.6) is 0 Å². The van der Waals surface area contributed by atoms with Gasteiger partial charge in [0.05, 0.1) is 38.6 Å². The molecule has 0 aromatic heterocycles. The standard InChI is InChI=1S/C34H36O5/c35-30-21-31(36-22-26-13-5-1-6-14-26)33(38-24-28-17-9-3-10-18-28)34(39-25-29-19-11-4-12-20-29)32(30)37-23-27-15-7-2-8-16-27/h1-20,30-35H,21-25H2/t30-,31+,32+,33-,34-/m1/s1. The molecule has 0 heterocycles. The average Bonchev–Trinajstić information content (AvgIpc) is 3.00. The van der Waals surface area contributed by atoms with Crippen molar-refractivity contribution in [3.8, 4) is 0 Å². The third-order valence-electron chi connectivity index (χ3n) is 7.03. The second-order valence-corrected chi connectivity index (χ2v) is 9.92. The van der Waals surface area contributed by atoms with Gasteiger partial charge in [0.2, 0.25) is 0 Å². The Hall–Kier alpha value is -3.32. The molecule has 0 spiro atoms. The van der Waals surface area contributed by atoms with E-state index in [2.05, 4.69) is 0 Å². The quantitative estimate of drug-likeness (QED) is 0.243. The van der Waals surface area contributed by atoms with Gasteiger partial charge >= 0.3 is 0 Å². The normalized spacial score (nSPS) is 22.9. The van der Waals surface area contributed by atoms with E-state index in [0.717, 1.165) is 22.3 Å². The molecule has 5 heteroatoms. The smallest absolute Gasteiger partial charge is 0.115 e. The molecule has 0 radical (unpaired) electrons. The molecule has 0 unspecified atom stereocenters. The second kappa shape index (κ2) is 14.2. The largest absolute Gasteiger partial charge is 0.390 e. The summed E-state index contributed by atoms with van der Waals surface area (Å²) < 4.78 is 25.9. The first-order chi connectivity index (χ1) is 19.3. The average molecular weight is 525 g/mol. The fourth-order valence-electron chi connectivity index (χ4n) is 4.96. The van der Waals surface area contributed by atoms with Gasteiger partial charge in [-0.15, -0.1) is 0 Å². The van der Waals surface area contributed by atoms with Crippen molar-refractivity contribution in [3.05, 3.63) is 144 Å². The number of hydrogen-bond acceptors (Lipinski definition) is 5. The van der Waals surface area contributed by atoms with Crippen LogP contribution in [0.4, 0.5) is 0 Å². The molecule has 0 aliphatic heterocycles. The van der Waals surface area contributed by atoms with Gasteiger partial charge < -0.3 is 24.1 Å². The van der Waals surface area contributed by atoms with E-state index in [9.17, 15) is 5.11 Å². The van der Waals surface area contributed by atoms with Gasteiger partial charge in [-0.2, -0.15) is 0 Å². The summed E-state index contributed by atoms with van der Waals surface area (Å²) in [6, 6.07) is 40.1. The van der Waals surface area contributed by atoms with Crippen LogP contribution in [0.3, 0.4) is 0 Å². The molecule has 1 fully saturated rings. The van der Waals surface area contributed by atoms with E-state index in [-0.39, 0.29) is 6.10 Å². The van der Waals surface area contributed by atoms with Crippen molar-refractivity contribution >= 4 is 0 Å². The summed E-state index contributed by atoms with van der Waals surface area (Å²) in [5.74, 6) is 0. The van der Waals surface area contributed by atoms with Crippen molar-refractivity contribution in [2.45, 2.75) is 63.4 Å². The highest BCUT2D eigenvalue weighted by Gasteiger charge is 2.47. The Kier molecular flexibility index (Phi) is 9.91. The fourth-order valence-corrected chi connectivity index (χ4v) is 4.96. The van der Waals surface area contributed by atoms with Crippen molar-refractivity contribution in [1.82, 2.24) is 0 Å². The zero-order valence-corrected chi connectivity index (χ0v) is 22.0. The SMILES string of the molecule is O[C@@H]1C[C@H](OCc2ccccc2)[C@@H](OCc2ccccc2)[C@H](OCc2ccccc2)[C@H]1OCc1ccccc1. The van der Waals surface area contributed by atoms with Crippen molar-refractivity contribution in [3.63, 3.8) is 0 Å². The van der Waals surface area contributed by atoms with Crippen LogP contribution < -0.4 is 0 Å². The molecule has 4 aromatic carbocycles. The Labute approximate surface area is 230 Å². The first-order valence-corrected chi connectivity index (χ1v) is 13.6. The summed E-state index contributed by atoms with van der Waals surface area (Å²) in [5.41, 5.74) is 4.21. The molecule has 5 nitrogen and oxygen atoms in total. The molecule has 0 bridgehead atoms. The summed E-state index contributed by atoms with van der Waals surface area (Å²) in [4.78, 5) is 0. The number of hydrogen-bond donors (Lipinski definition) is 1. The zero-order valence-electron chi connectivity index (χ0n) is 22.0. The lowest BCUT2D eigenvalue weighted by Crippen LogP contribution is -2.59. The first-order valence-electron chi connectivity index (χ1n) is 13.6. The maximum absolute atomic E-state index is 11.3. The van der Waals surface area contributed by atoms with Crippen LogP contribution in [-0.4, -0.2) is 35.6 Å². The predicted molar refractivity (Wildman–Crippen MR) is 151 cm³/mol. The van der Waals surface area contributed by atoms with E-state index < -0.39 is 24.4 Å². The Morgan fingerprint density at radius 2 is 0.769 bits per heavy atom. The van der Waals surface area contributed by atoms with Crippen molar-refractivity contribution < 1.29 is 24.1 Å². The van der Waals surface area contributed by atoms with Crippen LogP contribution in [0.2, 0.25) is 0 Å². The van der Waals surface area contributed by atoms with Crippen LogP contribution in [-0.2, 0) is 45.4 Å². The van der Waals surface area contributed by atoms with Crippen molar-refractivity contribution in [2.24, 2.45) is 0 Å². The Balaban J connectivity index is 1.38. The molecule has 0 amide bonds. The van der Waals surface area contributed by atoms with Gasteiger partial charge in [-0.05, 0) is 22.3 Å². The minimum absolute atomic E-state index is 0.370. The van der Waals surface area contributed by atoms with E-state index in [0.29, 0.717) is 32.8 Å². The van der Waals surface area contributed by atoms with Gasteiger partial charge in [0.1, 0.15) is 18.3 Å². The summed E-state index contributed by atoms with van der Waals surface area (Å²) in [6.07, 6.45) is -2.32. The summed E-state index contributed by atoms with van der Waals surface area (Å²) in [7, 11) is 0. The van der Waals surface area contributed by atoms with Gasteiger partial charge in [0.25, 0.3) is 0 Å². The molecule has 202 valence electrons. The summed E-state index contributed by atoms with van der Waals surface area (Å²) >= 11 is 0. The zero-order chi connectivity index (χ0) is 26.7. The maximum Gasteiger partial charge on any atom is 0.115 e. The topological polar surface area (TPSA) is 57.2 Å². The van der Waals surface area contributed by atoms with E-state index in [1.165, 1.54) is 0 Å². The minimum Gasteiger partial charge on any atom is -0.390 e. The number of aliphatic hydroxyl groups excluding tert-OH is 1. The predicted octanol–water partition coefficient (Wildman–Crippen LogP) is 6.09. The summed E-state index contributed by atoms with van der Waals surface area (Å²) in [5, 5.41) is 11.3. The molecular weight excluding hydrogens is 488 g/mol. The lowest BCUT2D eigenvalue weighted by molar-refractivity contribution is -0.240. The van der Waals surface area contributed by atoms with E-state index in [1.54, 1.807) is 0 Å². The number of benzene rings is 4. The van der Waals surface area contributed by atoms with Gasteiger partial charge in [-0.25, -0.2) is 0 Å². The molecular formula is C34H36O5. The van der Waals surface area contributed by atoms with Crippen molar-refractivity contribution in [2.75, 3.05) is 0 Å². The highest BCUT2D eigenvalue weighted by Crippen LogP contribution is 2.32. The highest BCUT2D eigenvalue weighted by atomic mass is 16.6. The number of ether oxygens (including phenoxy) is 4. The van der Waals surface area contributed by atoms with Crippen LogP contribution in [0.1, 0.15) is 28.7 Å². The molecule has 39 heavy (non-hydrogen) atoms. The van der Waals surface area contributed by atoms with Gasteiger partial charge in [-0.1, -0.05) is 121 Å². The van der Waals surface area contributed by atoms with Gasteiger partial charge in [0, 0.05) is 6.42 Å². The number of aliphatic hydroxyl groups is 1. The maximum atomic E-state index is 11.3. The Morgan fingerprint density at radius 1 is 0.436 bits per heavy atom. The Bertz CT molecular complexity index is 1220. The van der Waals surface area contributed by atoms with Gasteiger partial charge in [0.15, 0.2) is 0 Å². The third kappa shape index (κ3) is 7.85. The van der Waals surface area contributed by atoms with Gasteiger partial charge in [-0.3, -0.25) is 0 Å². The third-order valence-corrected chi connectivity index (χ3v) is 7.03. The monoisotopic (exact) mass is 524 g/mol. The molecule has 1 saturated carbocycles. The molecule has 1 aliphatic carbocycles. The van der Waals surface area contributed by atoms with Crippen LogP contribution in [0, 0.1) is 0 Å². The Morgan fingerprint density at radius 3 is 1.18 bits per heavy atom. The highest BCUT2D eigenvalue weighted by molar-refractivity contribution is 5.16. The molecule has 1 N–H and O–H groups in total. The van der Waals surface area contributed by atoms with E-state index >= 15 is 0 Å². The molecule has 4 aromatic rings. The molecule has 1 aliphatic rings. The first kappa shape index (κ1) is 27.3. The van der Waals surface area contributed by atoms with Crippen molar-refractivity contribution in [1.29, 1.82) is 0 Å². The second-order valence-electron chi connectivity index (χ2n) is 9.92. The van der Waals surface area contributed by atoms with Crippen LogP contribution >= 0.6 is 0 Å².